The predicted molar refractivity (Wildman–Crippen MR) is 103 cm³/mol. The number of nitrogens with zero attached hydrogens (tertiary/aromatic N) is 2. The minimum absolute atomic E-state index is 0.580. The van der Waals surface area contributed by atoms with Crippen molar-refractivity contribution in [3.63, 3.8) is 0 Å². The second kappa shape index (κ2) is 7.78. The molecule has 3 nitrogen and oxygen atoms in total. The van der Waals surface area contributed by atoms with Gasteiger partial charge in [-0.2, -0.15) is 5.26 Å². The smallest absolute Gasteiger partial charge is 0.134 e. The molecule has 0 atom stereocenters. The summed E-state index contributed by atoms with van der Waals surface area (Å²) in [7, 11) is 0. The van der Waals surface area contributed by atoms with Crippen LogP contribution in [0.15, 0.2) is 53.9 Å². The third-order valence-corrected chi connectivity index (χ3v) is 4.68. The zero-order valence-electron chi connectivity index (χ0n) is 14.2. The number of allylic oxidation sites excluding steroid dienone is 1. The van der Waals surface area contributed by atoms with Gasteiger partial charge in [0.25, 0.3) is 0 Å². The molecule has 0 fully saturated rings. The van der Waals surface area contributed by atoms with Crippen LogP contribution in [-0.2, 0) is 0 Å². The Morgan fingerprint density at radius 3 is 2.64 bits per heavy atom. The second-order valence-corrected chi connectivity index (χ2v) is 6.38. The molecule has 0 amide bonds. The maximum absolute atomic E-state index is 9.54. The van der Waals surface area contributed by atoms with Crippen LogP contribution in [0.1, 0.15) is 23.1 Å². The maximum atomic E-state index is 9.54. The van der Waals surface area contributed by atoms with Gasteiger partial charge in [0.15, 0.2) is 0 Å². The average Bonchev–Trinajstić information content (AvgIpc) is 3.12. The predicted octanol–water partition coefficient (Wildman–Crippen LogP) is 5.58. The van der Waals surface area contributed by atoms with Crippen LogP contribution >= 0.6 is 11.3 Å². The molecule has 0 saturated carbocycles. The van der Waals surface area contributed by atoms with Crippen LogP contribution in [0.5, 0.6) is 5.75 Å². The Labute approximate surface area is 151 Å². The van der Waals surface area contributed by atoms with Crippen molar-refractivity contribution in [2.24, 2.45) is 0 Å². The van der Waals surface area contributed by atoms with E-state index in [1.54, 1.807) is 0 Å². The lowest BCUT2D eigenvalue weighted by Crippen LogP contribution is -1.90. The summed E-state index contributed by atoms with van der Waals surface area (Å²) in [5.41, 5.74) is 4.64. The van der Waals surface area contributed by atoms with Crippen LogP contribution in [0.25, 0.3) is 22.9 Å². The van der Waals surface area contributed by atoms with E-state index in [2.05, 4.69) is 11.1 Å². The fourth-order valence-corrected chi connectivity index (χ4v) is 3.26. The number of hydrogen-bond acceptors (Lipinski definition) is 4. The molecule has 0 aliphatic heterocycles. The first-order valence-corrected chi connectivity index (χ1v) is 8.95. The normalized spacial score (nSPS) is 11.2. The number of aryl methyl sites for hydroxylation is 1. The van der Waals surface area contributed by atoms with E-state index in [0.29, 0.717) is 12.2 Å². The molecular formula is C21H18N2OS. The zero-order valence-corrected chi connectivity index (χ0v) is 15.0. The van der Waals surface area contributed by atoms with Crippen molar-refractivity contribution in [3.8, 4) is 23.1 Å². The lowest BCUT2D eigenvalue weighted by atomic mass is 10.1. The lowest BCUT2D eigenvalue weighted by molar-refractivity contribution is 0.340. The molecule has 0 spiro atoms. The SMILES string of the molecule is CCOc1ccc(-c2csc(/C(C#N)=C\c3ccccc3C)n2)cc1. The molecule has 2 aromatic carbocycles. The molecule has 124 valence electrons. The third kappa shape index (κ3) is 3.96. The van der Waals surface area contributed by atoms with E-state index in [0.717, 1.165) is 33.1 Å². The summed E-state index contributed by atoms with van der Waals surface area (Å²) in [6.45, 7) is 4.65. The summed E-state index contributed by atoms with van der Waals surface area (Å²) in [4.78, 5) is 4.64. The van der Waals surface area contributed by atoms with Gasteiger partial charge in [-0.05, 0) is 55.3 Å². The first-order chi connectivity index (χ1) is 12.2. The number of ether oxygens (including phenoxy) is 1. The van der Waals surface area contributed by atoms with Gasteiger partial charge >= 0.3 is 0 Å². The van der Waals surface area contributed by atoms with Gasteiger partial charge in [0.2, 0.25) is 0 Å². The minimum Gasteiger partial charge on any atom is -0.494 e. The Morgan fingerprint density at radius 1 is 1.20 bits per heavy atom. The van der Waals surface area contributed by atoms with Gasteiger partial charge < -0.3 is 4.74 Å². The van der Waals surface area contributed by atoms with Crippen LogP contribution in [0.3, 0.4) is 0 Å². The molecule has 1 heterocycles. The molecule has 0 bridgehead atoms. The van der Waals surface area contributed by atoms with Crippen molar-refractivity contribution >= 4 is 23.0 Å². The molecule has 25 heavy (non-hydrogen) atoms. The Balaban J connectivity index is 1.89. The zero-order chi connectivity index (χ0) is 17.6. The number of aromatic nitrogens is 1. The molecule has 0 radical (unpaired) electrons. The quantitative estimate of drug-likeness (QED) is 0.566. The monoisotopic (exact) mass is 346 g/mol. The first-order valence-electron chi connectivity index (χ1n) is 8.08. The third-order valence-electron chi connectivity index (χ3n) is 3.80. The molecular weight excluding hydrogens is 328 g/mol. The van der Waals surface area contributed by atoms with Gasteiger partial charge in [-0.25, -0.2) is 4.98 Å². The highest BCUT2D eigenvalue weighted by Gasteiger charge is 2.10. The molecule has 1 aromatic heterocycles. The van der Waals surface area contributed by atoms with E-state index in [1.807, 2.05) is 73.8 Å². The molecule has 0 aliphatic carbocycles. The molecule has 0 saturated heterocycles. The number of nitriles is 1. The Hall–Kier alpha value is -2.90. The van der Waals surface area contributed by atoms with Crippen molar-refractivity contribution in [1.29, 1.82) is 5.26 Å². The van der Waals surface area contributed by atoms with Gasteiger partial charge in [-0.1, -0.05) is 24.3 Å². The van der Waals surface area contributed by atoms with Gasteiger partial charge in [0.1, 0.15) is 16.8 Å². The Bertz CT molecular complexity index is 933. The van der Waals surface area contributed by atoms with E-state index in [1.165, 1.54) is 11.3 Å². The van der Waals surface area contributed by atoms with Crippen LogP contribution in [0.2, 0.25) is 0 Å². The summed E-state index contributed by atoms with van der Waals surface area (Å²) in [6, 6.07) is 18.1. The van der Waals surface area contributed by atoms with Crippen LogP contribution in [-0.4, -0.2) is 11.6 Å². The van der Waals surface area contributed by atoms with Crippen LogP contribution in [0.4, 0.5) is 0 Å². The summed E-state index contributed by atoms with van der Waals surface area (Å²) in [5, 5.41) is 12.3. The standard InChI is InChI=1S/C21H18N2OS/c1-3-24-19-10-8-16(9-11-19)20-14-25-21(23-20)18(13-22)12-17-7-5-4-6-15(17)2/h4-12,14H,3H2,1-2H3/b18-12-. The van der Waals surface area contributed by atoms with Crippen molar-refractivity contribution < 1.29 is 4.74 Å². The summed E-state index contributed by atoms with van der Waals surface area (Å²) in [6.07, 6.45) is 1.90. The van der Waals surface area contributed by atoms with Gasteiger partial charge in [-0.3, -0.25) is 0 Å². The molecule has 4 heteroatoms. The van der Waals surface area contributed by atoms with E-state index in [4.69, 9.17) is 4.74 Å². The van der Waals surface area contributed by atoms with E-state index >= 15 is 0 Å². The fraction of sp³-hybridized carbons (Fsp3) is 0.143. The van der Waals surface area contributed by atoms with Gasteiger partial charge in [0.05, 0.1) is 17.9 Å². The fourth-order valence-electron chi connectivity index (χ4n) is 2.46. The first kappa shape index (κ1) is 16.9. The number of hydrogen-bond donors (Lipinski definition) is 0. The summed E-state index contributed by atoms with van der Waals surface area (Å²) < 4.78 is 5.47. The van der Waals surface area contributed by atoms with Crippen molar-refractivity contribution in [1.82, 2.24) is 4.98 Å². The van der Waals surface area contributed by atoms with Crippen molar-refractivity contribution in [2.45, 2.75) is 13.8 Å². The molecule has 0 N–H and O–H groups in total. The molecule has 3 aromatic rings. The topological polar surface area (TPSA) is 45.9 Å². The molecule has 0 unspecified atom stereocenters. The highest BCUT2D eigenvalue weighted by molar-refractivity contribution is 7.11. The van der Waals surface area contributed by atoms with E-state index in [-0.39, 0.29) is 0 Å². The van der Waals surface area contributed by atoms with Crippen molar-refractivity contribution in [2.75, 3.05) is 6.61 Å². The maximum Gasteiger partial charge on any atom is 0.134 e. The minimum atomic E-state index is 0.580. The van der Waals surface area contributed by atoms with Gasteiger partial charge in [0, 0.05) is 10.9 Å². The molecule has 0 aliphatic rings. The average molecular weight is 346 g/mol. The van der Waals surface area contributed by atoms with Crippen molar-refractivity contribution in [3.05, 3.63) is 70.0 Å². The van der Waals surface area contributed by atoms with Gasteiger partial charge in [-0.15, -0.1) is 11.3 Å². The van der Waals surface area contributed by atoms with Crippen LogP contribution < -0.4 is 4.74 Å². The Morgan fingerprint density at radius 2 is 1.96 bits per heavy atom. The number of thiazole rings is 1. The molecule has 3 rings (SSSR count). The lowest BCUT2D eigenvalue weighted by Gasteiger charge is -2.03. The largest absolute Gasteiger partial charge is 0.494 e. The highest BCUT2D eigenvalue weighted by atomic mass is 32.1. The number of rotatable bonds is 5. The van der Waals surface area contributed by atoms with E-state index in [9.17, 15) is 5.26 Å². The summed E-state index contributed by atoms with van der Waals surface area (Å²) in [5.74, 6) is 0.846. The van der Waals surface area contributed by atoms with E-state index < -0.39 is 0 Å². The second-order valence-electron chi connectivity index (χ2n) is 5.52. The highest BCUT2D eigenvalue weighted by Crippen LogP contribution is 2.28. The van der Waals surface area contributed by atoms with Crippen LogP contribution in [0, 0.1) is 18.3 Å². The number of benzene rings is 2. The Kier molecular flexibility index (Phi) is 5.27. The summed E-state index contributed by atoms with van der Waals surface area (Å²) >= 11 is 1.48.